The summed E-state index contributed by atoms with van der Waals surface area (Å²) in [4.78, 5) is 17.2. The lowest BCUT2D eigenvalue weighted by molar-refractivity contribution is 0.102. The van der Waals surface area contributed by atoms with Gasteiger partial charge in [-0.25, -0.2) is 4.98 Å². The Hall–Kier alpha value is -0.940. The number of hydrogen-bond acceptors (Lipinski definition) is 3. The Morgan fingerprint density at radius 2 is 1.95 bits per heavy atom. The fraction of sp³-hybridized carbons (Fsp3) is 0.143. The lowest BCUT2D eigenvalue weighted by Gasteiger charge is -2.11. The Kier molecular flexibility index (Phi) is 5.38. The summed E-state index contributed by atoms with van der Waals surface area (Å²) in [5, 5.41) is 3.52. The van der Waals surface area contributed by atoms with Crippen LogP contribution in [0.3, 0.4) is 0 Å². The largest absolute Gasteiger partial charge is 0.319 e. The Balaban J connectivity index is 2.35. The van der Waals surface area contributed by atoms with Crippen LogP contribution in [0.15, 0.2) is 29.2 Å². The number of halogens is 3. The highest BCUT2D eigenvalue weighted by molar-refractivity contribution is 7.98. The summed E-state index contributed by atoms with van der Waals surface area (Å²) in [6.45, 7) is 1.79. The first-order valence-corrected chi connectivity index (χ1v) is 8.25. The number of amides is 1. The number of aromatic nitrogens is 1. The molecular formula is C14H11Cl3N2OS. The van der Waals surface area contributed by atoms with Crippen molar-refractivity contribution in [2.75, 3.05) is 11.6 Å². The lowest BCUT2D eigenvalue weighted by Crippen LogP contribution is -2.14. The first-order valence-electron chi connectivity index (χ1n) is 5.90. The van der Waals surface area contributed by atoms with Crippen molar-refractivity contribution in [3.63, 3.8) is 0 Å². The van der Waals surface area contributed by atoms with Gasteiger partial charge in [-0.1, -0.05) is 34.8 Å². The van der Waals surface area contributed by atoms with Gasteiger partial charge in [-0.15, -0.1) is 11.8 Å². The van der Waals surface area contributed by atoms with Crippen LogP contribution in [0.2, 0.25) is 15.3 Å². The van der Waals surface area contributed by atoms with Gasteiger partial charge in [0, 0.05) is 4.90 Å². The molecule has 0 saturated heterocycles. The summed E-state index contributed by atoms with van der Waals surface area (Å²) in [6, 6.07) is 6.90. The number of rotatable bonds is 3. The predicted octanol–water partition coefficient (Wildman–Crippen LogP) is 5.32. The second kappa shape index (κ2) is 6.88. The summed E-state index contributed by atoms with van der Waals surface area (Å²) < 4.78 is 0. The molecule has 1 N–H and O–H groups in total. The number of nitrogens with one attached hydrogen (secondary N) is 1. The highest BCUT2D eigenvalue weighted by Crippen LogP contribution is 2.28. The van der Waals surface area contributed by atoms with Gasteiger partial charge in [0.25, 0.3) is 5.91 Å². The monoisotopic (exact) mass is 360 g/mol. The van der Waals surface area contributed by atoms with Crippen LogP contribution in [-0.4, -0.2) is 17.1 Å². The molecule has 0 aliphatic carbocycles. The van der Waals surface area contributed by atoms with Crippen LogP contribution in [0.1, 0.15) is 15.9 Å². The van der Waals surface area contributed by atoms with Gasteiger partial charge < -0.3 is 5.32 Å². The van der Waals surface area contributed by atoms with Crippen molar-refractivity contribution in [3.8, 4) is 0 Å². The summed E-state index contributed by atoms with van der Waals surface area (Å²) in [5.74, 6) is -0.343. The van der Waals surface area contributed by atoms with Crippen molar-refractivity contribution < 1.29 is 4.79 Å². The average Bonchev–Trinajstić information content (AvgIpc) is 2.43. The number of carbonyl (C=O) groups is 1. The van der Waals surface area contributed by atoms with Gasteiger partial charge in [0.05, 0.1) is 16.3 Å². The van der Waals surface area contributed by atoms with E-state index < -0.39 is 0 Å². The van der Waals surface area contributed by atoms with Gasteiger partial charge in [0.15, 0.2) is 5.15 Å². The van der Waals surface area contributed by atoms with Crippen LogP contribution in [-0.2, 0) is 0 Å². The quantitative estimate of drug-likeness (QED) is 0.594. The van der Waals surface area contributed by atoms with E-state index in [1.54, 1.807) is 25.1 Å². The van der Waals surface area contributed by atoms with E-state index in [1.165, 1.54) is 11.8 Å². The molecule has 0 atom stereocenters. The minimum absolute atomic E-state index is 0.144. The van der Waals surface area contributed by atoms with E-state index in [4.69, 9.17) is 34.8 Å². The SMILES string of the molecule is CSc1ccc(Cl)c(C(=O)Nc2c(C)cc(Cl)nc2Cl)c1. The molecule has 3 nitrogen and oxygen atoms in total. The van der Waals surface area contributed by atoms with E-state index in [9.17, 15) is 4.79 Å². The molecule has 0 radical (unpaired) electrons. The summed E-state index contributed by atoms with van der Waals surface area (Å²) in [5.41, 5.74) is 1.54. The van der Waals surface area contributed by atoms with Gasteiger partial charge in [-0.2, -0.15) is 0 Å². The Labute approximate surface area is 142 Å². The van der Waals surface area contributed by atoms with E-state index in [0.29, 0.717) is 16.3 Å². The van der Waals surface area contributed by atoms with Crippen molar-refractivity contribution in [1.82, 2.24) is 4.98 Å². The molecule has 0 saturated carbocycles. The third kappa shape index (κ3) is 3.83. The van der Waals surface area contributed by atoms with Crippen LogP contribution in [0.25, 0.3) is 0 Å². The fourth-order valence-electron chi connectivity index (χ4n) is 1.73. The van der Waals surface area contributed by atoms with Crippen LogP contribution in [0, 0.1) is 6.92 Å². The number of benzene rings is 1. The number of carbonyl (C=O) groups excluding carboxylic acids is 1. The second-order valence-corrected chi connectivity index (χ2v) is 6.26. The van der Waals surface area contributed by atoms with E-state index in [2.05, 4.69) is 10.3 Å². The van der Waals surface area contributed by atoms with Crippen LogP contribution in [0.4, 0.5) is 5.69 Å². The van der Waals surface area contributed by atoms with E-state index >= 15 is 0 Å². The maximum atomic E-state index is 12.4. The molecule has 1 heterocycles. The zero-order chi connectivity index (χ0) is 15.6. The third-order valence-corrected chi connectivity index (χ3v) is 4.32. The molecule has 0 bridgehead atoms. The van der Waals surface area contributed by atoms with Gasteiger partial charge in [-0.05, 0) is 43.0 Å². The standard InChI is InChI=1S/C14H11Cl3N2OS/c1-7-5-11(16)18-13(17)12(7)19-14(20)9-6-8(21-2)3-4-10(9)15/h3-6H,1-2H3,(H,19,20). The minimum Gasteiger partial charge on any atom is -0.319 e. The Bertz CT molecular complexity index is 684. The average molecular weight is 362 g/mol. The summed E-state index contributed by atoms with van der Waals surface area (Å²) >= 11 is 19.4. The Morgan fingerprint density at radius 1 is 1.24 bits per heavy atom. The molecule has 1 aromatic carbocycles. The highest BCUT2D eigenvalue weighted by atomic mass is 35.5. The summed E-state index contributed by atoms with van der Waals surface area (Å²) in [7, 11) is 0. The minimum atomic E-state index is -0.343. The number of anilines is 1. The molecule has 21 heavy (non-hydrogen) atoms. The number of pyridine rings is 1. The summed E-state index contributed by atoms with van der Waals surface area (Å²) in [6.07, 6.45) is 1.93. The van der Waals surface area contributed by atoms with Gasteiger partial charge in [0.1, 0.15) is 5.15 Å². The van der Waals surface area contributed by atoms with Crippen molar-refractivity contribution in [2.24, 2.45) is 0 Å². The normalized spacial score (nSPS) is 10.5. The van der Waals surface area contributed by atoms with E-state index in [1.807, 2.05) is 12.3 Å². The predicted molar refractivity (Wildman–Crippen MR) is 90.2 cm³/mol. The molecule has 0 aliphatic rings. The smallest absolute Gasteiger partial charge is 0.257 e. The number of hydrogen-bond donors (Lipinski definition) is 1. The van der Waals surface area contributed by atoms with Gasteiger partial charge in [0.2, 0.25) is 0 Å². The fourth-order valence-corrected chi connectivity index (χ4v) is 2.95. The van der Waals surface area contributed by atoms with Crippen molar-refractivity contribution in [3.05, 3.63) is 50.7 Å². The van der Waals surface area contributed by atoms with Gasteiger partial charge in [-0.3, -0.25) is 4.79 Å². The molecule has 0 fully saturated rings. The van der Waals surface area contributed by atoms with Crippen LogP contribution >= 0.6 is 46.6 Å². The van der Waals surface area contributed by atoms with Gasteiger partial charge >= 0.3 is 0 Å². The number of aryl methyl sites for hydroxylation is 1. The lowest BCUT2D eigenvalue weighted by atomic mass is 10.2. The maximum Gasteiger partial charge on any atom is 0.257 e. The molecule has 7 heteroatoms. The number of thioether (sulfide) groups is 1. The molecule has 110 valence electrons. The molecule has 0 aliphatic heterocycles. The molecule has 2 rings (SSSR count). The molecule has 2 aromatic rings. The van der Waals surface area contributed by atoms with Crippen LogP contribution < -0.4 is 5.32 Å². The van der Waals surface area contributed by atoms with Crippen molar-refractivity contribution in [2.45, 2.75) is 11.8 Å². The first kappa shape index (κ1) is 16.4. The second-order valence-electron chi connectivity index (χ2n) is 4.23. The molecule has 1 aromatic heterocycles. The highest BCUT2D eigenvalue weighted by Gasteiger charge is 2.15. The van der Waals surface area contributed by atoms with Crippen molar-refractivity contribution in [1.29, 1.82) is 0 Å². The topological polar surface area (TPSA) is 42.0 Å². The molecule has 0 unspecified atom stereocenters. The van der Waals surface area contributed by atoms with Crippen molar-refractivity contribution >= 4 is 58.2 Å². The number of nitrogens with zero attached hydrogens (tertiary/aromatic N) is 1. The molecule has 1 amide bonds. The molecule has 0 spiro atoms. The Morgan fingerprint density at radius 3 is 2.57 bits per heavy atom. The maximum absolute atomic E-state index is 12.4. The third-order valence-electron chi connectivity index (χ3n) is 2.80. The van der Waals surface area contributed by atoms with E-state index in [0.717, 1.165) is 10.5 Å². The zero-order valence-electron chi connectivity index (χ0n) is 11.2. The van der Waals surface area contributed by atoms with Crippen LogP contribution in [0.5, 0.6) is 0 Å². The molecular weight excluding hydrogens is 351 g/mol. The first-order chi connectivity index (χ1) is 9.92. The van der Waals surface area contributed by atoms with E-state index in [-0.39, 0.29) is 16.2 Å². The zero-order valence-corrected chi connectivity index (χ0v) is 14.3.